The molecule has 0 atom stereocenters. The number of hydrogen-bond donors (Lipinski definition) is 1. The third-order valence-electron chi connectivity index (χ3n) is 4.70. The van der Waals surface area contributed by atoms with Crippen molar-refractivity contribution in [3.8, 4) is 0 Å². The van der Waals surface area contributed by atoms with E-state index in [1.165, 1.54) is 6.07 Å². The number of hydrogen-bond acceptors (Lipinski definition) is 4. The lowest BCUT2D eigenvalue weighted by molar-refractivity contribution is -0.384. The Balaban J connectivity index is 2.36. The van der Waals surface area contributed by atoms with Crippen LogP contribution < -0.4 is 4.90 Å². The Morgan fingerprint density at radius 2 is 2.10 bits per heavy atom. The van der Waals surface area contributed by atoms with Gasteiger partial charge in [0.1, 0.15) is 0 Å². The Kier molecular flexibility index (Phi) is 4.16. The van der Waals surface area contributed by atoms with Gasteiger partial charge >= 0.3 is 5.97 Å². The molecule has 1 aliphatic rings. The zero-order valence-electron chi connectivity index (χ0n) is 12.3. The predicted octanol–water partition coefficient (Wildman–Crippen LogP) is 3.31. The lowest BCUT2D eigenvalue weighted by Gasteiger charge is -2.27. The highest BCUT2D eigenvalue weighted by Crippen LogP contribution is 2.40. The molecule has 6 heteroatoms. The summed E-state index contributed by atoms with van der Waals surface area (Å²) in [6, 6.07) is 4.08. The van der Waals surface area contributed by atoms with E-state index in [2.05, 4.69) is 13.8 Å². The summed E-state index contributed by atoms with van der Waals surface area (Å²) in [7, 11) is 0. The van der Waals surface area contributed by atoms with Gasteiger partial charge in [-0.1, -0.05) is 13.8 Å². The molecule has 1 aromatic carbocycles. The smallest absolute Gasteiger partial charge is 0.338 e. The standard InChI is InChI=1S/C15H20N2O4/c1-3-15(4-2)7-8-16(10-15)13-6-5-11(17(20)21)9-12(13)14(18)19/h5-6,9H,3-4,7-8,10H2,1-2H3,(H,18,19). The van der Waals surface area contributed by atoms with Crippen LogP contribution in [0.5, 0.6) is 0 Å². The second-order valence-electron chi connectivity index (χ2n) is 5.64. The fourth-order valence-corrected chi connectivity index (χ4v) is 3.05. The molecule has 0 spiro atoms. The van der Waals surface area contributed by atoms with Gasteiger partial charge in [-0.2, -0.15) is 0 Å². The van der Waals surface area contributed by atoms with E-state index >= 15 is 0 Å². The monoisotopic (exact) mass is 292 g/mol. The first-order chi connectivity index (χ1) is 9.92. The van der Waals surface area contributed by atoms with E-state index in [0.717, 1.165) is 38.4 Å². The van der Waals surface area contributed by atoms with Gasteiger partial charge < -0.3 is 10.0 Å². The van der Waals surface area contributed by atoms with Crippen molar-refractivity contribution in [1.29, 1.82) is 0 Å². The van der Waals surface area contributed by atoms with Crippen LogP contribution >= 0.6 is 0 Å². The molecular formula is C15H20N2O4. The molecule has 2 rings (SSSR count). The maximum Gasteiger partial charge on any atom is 0.338 e. The Morgan fingerprint density at radius 3 is 2.57 bits per heavy atom. The minimum Gasteiger partial charge on any atom is -0.478 e. The molecule has 1 saturated heterocycles. The molecule has 0 unspecified atom stereocenters. The van der Waals surface area contributed by atoms with Gasteiger partial charge in [-0.15, -0.1) is 0 Å². The Bertz CT molecular complexity index is 567. The average molecular weight is 292 g/mol. The van der Waals surface area contributed by atoms with Gasteiger partial charge in [0, 0.05) is 25.2 Å². The highest BCUT2D eigenvalue weighted by Gasteiger charge is 2.36. The maximum absolute atomic E-state index is 11.4. The van der Waals surface area contributed by atoms with Crippen LogP contribution in [0, 0.1) is 15.5 Å². The average Bonchev–Trinajstić information content (AvgIpc) is 2.91. The molecule has 0 aromatic heterocycles. The molecular weight excluding hydrogens is 272 g/mol. The van der Waals surface area contributed by atoms with Crippen LogP contribution in [0.25, 0.3) is 0 Å². The Morgan fingerprint density at radius 1 is 1.43 bits per heavy atom. The quantitative estimate of drug-likeness (QED) is 0.665. The molecule has 21 heavy (non-hydrogen) atoms. The van der Waals surface area contributed by atoms with Crippen molar-refractivity contribution < 1.29 is 14.8 Å². The van der Waals surface area contributed by atoms with E-state index in [1.54, 1.807) is 6.07 Å². The van der Waals surface area contributed by atoms with Crippen LogP contribution in [0.15, 0.2) is 18.2 Å². The first-order valence-corrected chi connectivity index (χ1v) is 7.19. The van der Waals surface area contributed by atoms with E-state index < -0.39 is 10.9 Å². The summed E-state index contributed by atoms with van der Waals surface area (Å²) < 4.78 is 0. The molecule has 0 aliphatic carbocycles. The Hall–Kier alpha value is -2.11. The number of aromatic carboxylic acids is 1. The van der Waals surface area contributed by atoms with Gasteiger partial charge in [0.15, 0.2) is 0 Å². The van der Waals surface area contributed by atoms with Crippen LogP contribution in [0.3, 0.4) is 0 Å². The lowest BCUT2D eigenvalue weighted by Crippen LogP contribution is -2.27. The molecule has 1 heterocycles. The summed E-state index contributed by atoms with van der Waals surface area (Å²) in [4.78, 5) is 23.7. The van der Waals surface area contributed by atoms with E-state index in [0.29, 0.717) is 5.69 Å². The van der Waals surface area contributed by atoms with Crippen molar-refractivity contribution >= 4 is 17.3 Å². The highest BCUT2D eigenvalue weighted by molar-refractivity contribution is 5.95. The normalized spacial score (nSPS) is 17.0. The number of nitro benzene ring substituents is 1. The van der Waals surface area contributed by atoms with Crippen LogP contribution in [0.2, 0.25) is 0 Å². The van der Waals surface area contributed by atoms with Gasteiger partial charge in [-0.3, -0.25) is 10.1 Å². The second kappa shape index (κ2) is 5.71. The van der Waals surface area contributed by atoms with Gasteiger partial charge in [0.05, 0.1) is 16.2 Å². The summed E-state index contributed by atoms with van der Waals surface area (Å²) in [5.41, 5.74) is 0.619. The minimum atomic E-state index is -1.13. The molecule has 114 valence electrons. The summed E-state index contributed by atoms with van der Waals surface area (Å²) >= 11 is 0. The van der Waals surface area contributed by atoms with Gasteiger partial charge in [0.2, 0.25) is 0 Å². The van der Waals surface area contributed by atoms with Crippen molar-refractivity contribution in [3.63, 3.8) is 0 Å². The molecule has 0 bridgehead atoms. The molecule has 1 fully saturated rings. The summed E-state index contributed by atoms with van der Waals surface area (Å²) in [6.07, 6.45) is 3.13. The third kappa shape index (κ3) is 2.84. The van der Waals surface area contributed by atoms with Gasteiger partial charge in [-0.05, 0) is 30.7 Å². The Labute approximate surface area is 123 Å². The number of carbonyl (C=O) groups is 1. The molecule has 1 aliphatic heterocycles. The highest BCUT2D eigenvalue weighted by atomic mass is 16.6. The molecule has 0 amide bonds. The van der Waals surface area contributed by atoms with Crippen LogP contribution in [-0.2, 0) is 0 Å². The fraction of sp³-hybridized carbons (Fsp3) is 0.533. The molecule has 0 radical (unpaired) electrons. The van der Waals surface area contributed by atoms with Crippen LogP contribution in [0.1, 0.15) is 43.5 Å². The zero-order valence-corrected chi connectivity index (χ0v) is 12.3. The molecule has 0 saturated carbocycles. The molecule has 6 nitrogen and oxygen atoms in total. The van der Waals surface area contributed by atoms with E-state index in [9.17, 15) is 20.0 Å². The van der Waals surface area contributed by atoms with Crippen LogP contribution in [0.4, 0.5) is 11.4 Å². The number of carboxylic acids is 1. The predicted molar refractivity (Wildman–Crippen MR) is 79.9 cm³/mol. The summed E-state index contributed by atoms with van der Waals surface area (Å²) in [5, 5.41) is 20.1. The van der Waals surface area contributed by atoms with Gasteiger partial charge in [0.25, 0.3) is 5.69 Å². The molecule has 1 N–H and O–H groups in total. The first kappa shape index (κ1) is 15.3. The summed E-state index contributed by atoms with van der Waals surface area (Å²) in [5.74, 6) is -1.13. The van der Waals surface area contributed by atoms with Crippen molar-refractivity contribution in [2.24, 2.45) is 5.41 Å². The second-order valence-corrected chi connectivity index (χ2v) is 5.64. The number of rotatable bonds is 5. The van der Waals surface area contributed by atoms with Crippen molar-refractivity contribution in [1.82, 2.24) is 0 Å². The SMILES string of the molecule is CCC1(CC)CCN(c2ccc([N+](=O)[O-])cc2C(=O)O)C1. The zero-order chi connectivity index (χ0) is 15.6. The number of nitrogens with zero attached hydrogens (tertiary/aromatic N) is 2. The third-order valence-corrected chi connectivity index (χ3v) is 4.70. The van der Waals surface area contributed by atoms with Crippen molar-refractivity contribution in [2.45, 2.75) is 33.1 Å². The number of non-ortho nitro benzene ring substituents is 1. The summed E-state index contributed by atoms with van der Waals surface area (Å²) in [6.45, 7) is 5.90. The van der Waals surface area contributed by atoms with E-state index in [-0.39, 0.29) is 16.7 Å². The topological polar surface area (TPSA) is 83.7 Å². The van der Waals surface area contributed by atoms with Crippen LogP contribution in [-0.4, -0.2) is 29.1 Å². The number of nitro groups is 1. The van der Waals surface area contributed by atoms with Crippen molar-refractivity contribution in [3.05, 3.63) is 33.9 Å². The molecule has 1 aromatic rings. The van der Waals surface area contributed by atoms with Crippen molar-refractivity contribution in [2.75, 3.05) is 18.0 Å². The maximum atomic E-state index is 11.4. The van der Waals surface area contributed by atoms with E-state index in [4.69, 9.17) is 0 Å². The number of carboxylic acid groups (broad SMARTS) is 1. The first-order valence-electron chi connectivity index (χ1n) is 7.19. The van der Waals surface area contributed by atoms with Gasteiger partial charge in [-0.25, -0.2) is 4.79 Å². The largest absolute Gasteiger partial charge is 0.478 e. The number of anilines is 1. The lowest BCUT2D eigenvalue weighted by atomic mass is 9.82. The fourth-order valence-electron chi connectivity index (χ4n) is 3.05. The minimum absolute atomic E-state index is 0.00667. The number of benzene rings is 1. The van der Waals surface area contributed by atoms with E-state index in [1.807, 2.05) is 4.90 Å².